The zero-order valence-corrected chi connectivity index (χ0v) is 16.8. The first-order valence-electron chi connectivity index (χ1n) is 9.04. The lowest BCUT2D eigenvalue weighted by Gasteiger charge is -2.26. The van der Waals surface area contributed by atoms with Crippen LogP contribution in [0.5, 0.6) is 5.75 Å². The monoisotopic (exact) mass is 407 g/mol. The normalized spacial score (nSPS) is 16.3. The minimum atomic E-state index is -0.0974. The molecule has 2 aromatic rings. The molecule has 1 heterocycles. The molecular weight excluding hydrogens is 385 g/mol. The summed E-state index contributed by atoms with van der Waals surface area (Å²) in [5, 5.41) is 1.12. The van der Waals surface area contributed by atoms with Gasteiger partial charge in [0.2, 0.25) is 0 Å². The molecular formula is C21H23Cl2NO3. The van der Waals surface area contributed by atoms with Crippen LogP contribution >= 0.6 is 23.2 Å². The smallest absolute Gasteiger partial charge is 0.260 e. The lowest BCUT2D eigenvalue weighted by atomic mass is 10.1. The average Bonchev–Trinajstić information content (AvgIpc) is 3.15. The fraction of sp³-hybridized carbons (Fsp3) is 0.381. The predicted molar refractivity (Wildman–Crippen MR) is 108 cm³/mol. The summed E-state index contributed by atoms with van der Waals surface area (Å²) in [6.07, 6.45) is 2.03. The Morgan fingerprint density at radius 3 is 2.78 bits per heavy atom. The highest BCUT2D eigenvalue weighted by Crippen LogP contribution is 2.24. The topological polar surface area (TPSA) is 38.8 Å². The summed E-state index contributed by atoms with van der Waals surface area (Å²) in [6, 6.07) is 13.0. The van der Waals surface area contributed by atoms with E-state index in [0.717, 1.165) is 30.6 Å². The molecule has 144 valence electrons. The quantitative estimate of drug-likeness (QED) is 0.655. The van der Waals surface area contributed by atoms with Gasteiger partial charge in [0.25, 0.3) is 5.91 Å². The van der Waals surface area contributed by atoms with E-state index >= 15 is 0 Å². The summed E-state index contributed by atoms with van der Waals surface area (Å²) in [7, 11) is 0. The second-order valence-electron chi connectivity index (χ2n) is 6.70. The van der Waals surface area contributed by atoms with Gasteiger partial charge in [0.1, 0.15) is 5.75 Å². The van der Waals surface area contributed by atoms with Crippen LogP contribution in [0.2, 0.25) is 10.0 Å². The van der Waals surface area contributed by atoms with Crippen LogP contribution in [0.3, 0.4) is 0 Å². The van der Waals surface area contributed by atoms with E-state index in [1.54, 1.807) is 17.0 Å². The van der Waals surface area contributed by atoms with Crippen molar-refractivity contribution in [1.29, 1.82) is 0 Å². The van der Waals surface area contributed by atoms with Gasteiger partial charge in [-0.3, -0.25) is 4.79 Å². The Labute approximate surface area is 170 Å². The van der Waals surface area contributed by atoms with Gasteiger partial charge in [-0.25, -0.2) is 0 Å². The molecule has 0 spiro atoms. The Kier molecular flexibility index (Phi) is 7.00. The second-order valence-corrected chi connectivity index (χ2v) is 7.54. The van der Waals surface area contributed by atoms with Crippen molar-refractivity contribution in [2.24, 2.45) is 0 Å². The van der Waals surface area contributed by atoms with Crippen LogP contribution in [0, 0.1) is 6.92 Å². The maximum absolute atomic E-state index is 12.9. The number of benzene rings is 2. The van der Waals surface area contributed by atoms with Crippen molar-refractivity contribution in [3.8, 4) is 5.75 Å². The maximum atomic E-state index is 12.9. The standard InChI is InChI=1S/C21H23Cl2NO3/c1-15-5-2-3-7-20(15)27-14-21(25)24(13-18-6-4-10-26-18)12-16-8-9-17(22)11-19(16)23/h2-3,5,7-9,11,18H,4,6,10,12-14H2,1H3/t18-/m0/s1. The molecule has 2 aromatic carbocycles. The molecule has 0 aliphatic carbocycles. The lowest BCUT2D eigenvalue weighted by Crippen LogP contribution is -2.39. The molecule has 4 nitrogen and oxygen atoms in total. The molecule has 1 saturated heterocycles. The molecule has 0 saturated carbocycles. The fourth-order valence-electron chi connectivity index (χ4n) is 3.09. The fourth-order valence-corrected chi connectivity index (χ4v) is 3.56. The molecule has 1 atom stereocenters. The summed E-state index contributed by atoms with van der Waals surface area (Å²) in [6.45, 7) is 3.59. The van der Waals surface area contributed by atoms with Gasteiger partial charge in [-0.1, -0.05) is 47.5 Å². The second kappa shape index (κ2) is 9.45. The molecule has 27 heavy (non-hydrogen) atoms. The number of amides is 1. The van der Waals surface area contributed by atoms with E-state index in [2.05, 4.69) is 0 Å². The zero-order valence-electron chi connectivity index (χ0n) is 15.3. The SMILES string of the molecule is Cc1ccccc1OCC(=O)N(Cc1ccc(Cl)cc1Cl)C[C@@H]1CCCO1. The first-order valence-corrected chi connectivity index (χ1v) is 9.80. The van der Waals surface area contributed by atoms with E-state index in [1.165, 1.54) is 0 Å². The van der Waals surface area contributed by atoms with Gasteiger partial charge in [0.05, 0.1) is 6.10 Å². The number of carbonyl (C=O) groups is 1. The third-order valence-corrected chi connectivity index (χ3v) is 5.21. The van der Waals surface area contributed by atoms with E-state index in [-0.39, 0.29) is 18.6 Å². The van der Waals surface area contributed by atoms with E-state index in [1.807, 2.05) is 37.3 Å². The highest BCUT2D eigenvalue weighted by Gasteiger charge is 2.24. The Hall–Kier alpha value is -1.75. The Balaban J connectivity index is 1.70. The van der Waals surface area contributed by atoms with Crippen molar-refractivity contribution in [2.75, 3.05) is 19.8 Å². The third-order valence-electron chi connectivity index (χ3n) is 4.62. The maximum Gasteiger partial charge on any atom is 0.260 e. The molecule has 0 bridgehead atoms. The Morgan fingerprint density at radius 1 is 1.26 bits per heavy atom. The number of ether oxygens (including phenoxy) is 2. The van der Waals surface area contributed by atoms with Crippen LogP contribution in [0.25, 0.3) is 0 Å². The summed E-state index contributed by atoms with van der Waals surface area (Å²) in [4.78, 5) is 14.6. The molecule has 0 N–H and O–H groups in total. The highest BCUT2D eigenvalue weighted by atomic mass is 35.5. The molecule has 0 radical (unpaired) electrons. The first kappa shape index (κ1) is 20.0. The van der Waals surface area contributed by atoms with Crippen LogP contribution in [-0.4, -0.2) is 36.7 Å². The summed E-state index contributed by atoms with van der Waals surface area (Å²) >= 11 is 12.3. The number of aryl methyl sites for hydroxylation is 1. The van der Waals surface area contributed by atoms with Gasteiger partial charge >= 0.3 is 0 Å². The molecule has 6 heteroatoms. The van der Waals surface area contributed by atoms with Crippen LogP contribution in [0.4, 0.5) is 0 Å². The number of rotatable bonds is 7. The first-order chi connectivity index (χ1) is 13.0. The van der Waals surface area contributed by atoms with Crippen LogP contribution in [0.1, 0.15) is 24.0 Å². The molecule has 3 rings (SSSR count). The minimum Gasteiger partial charge on any atom is -0.484 e. The van der Waals surface area contributed by atoms with Crippen molar-refractivity contribution in [2.45, 2.75) is 32.4 Å². The van der Waals surface area contributed by atoms with E-state index in [4.69, 9.17) is 32.7 Å². The van der Waals surface area contributed by atoms with Crippen molar-refractivity contribution in [1.82, 2.24) is 4.90 Å². The van der Waals surface area contributed by atoms with Crippen molar-refractivity contribution < 1.29 is 14.3 Å². The van der Waals surface area contributed by atoms with Crippen LogP contribution in [0.15, 0.2) is 42.5 Å². The van der Waals surface area contributed by atoms with Crippen molar-refractivity contribution >= 4 is 29.1 Å². The minimum absolute atomic E-state index is 0.0250. The highest BCUT2D eigenvalue weighted by molar-refractivity contribution is 6.35. The van der Waals surface area contributed by atoms with Gasteiger partial charge in [-0.2, -0.15) is 0 Å². The van der Waals surface area contributed by atoms with Gasteiger partial charge < -0.3 is 14.4 Å². The molecule has 1 aliphatic rings. The molecule has 1 aliphatic heterocycles. The van der Waals surface area contributed by atoms with E-state index < -0.39 is 0 Å². The number of hydrogen-bond donors (Lipinski definition) is 0. The van der Waals surface area contributed by atoms with Gasteiger partial charge in [0, 0.05) is 29.7 Å². The lowest BCUT2D eigenvalue weighted by molar-refractivity contribution is -0.135. The third kappa shape index (κ3) is 5.61. The number of hydrogen-bond acceptors (Lipinski definition) is 3. The summed E-state index contributed by atoms with van der Waals surface area (Å²) in [5.41, 5.74) is 1.85. The van der Waals surface area contributed by atoms with Crippen LogP contribution < -0.4 is 4.74 Å². The van der Waals surface area contributed by atoms with Crippen LogP contribution in [-0.2, 0) is 16.1 Å². The average molecular weight is 408 g/mol. The van der Waals surface area contributed by atoms with E-state index in [9.17, 15) is 4.79 Å². The van der Waals surface area contributed by atoms with Crippen molar-refractivity contribution in [3.63, 3.8) is 0 Å². The zero-order chi connectivity index (χ0) is 19.2. The van der Waals surface area contributed by atoms with Gasteiger partial charge in [-0.15, -0.1) is 0 Å². The summed E-state index contributed by atoms with van der Waals surface area (Å²) < 4.78 is 11.5. The summed E-state index contributed by atoms with van der Waals surface area (Å²) in [5.74, 6) is 0.618. The number of para-hydroxylation sites is 1. The number of halogens is 2. The Morgan fingerprint density at radius 2 is 2.07 bits per heavy atom. The molecule has 0 unspecified atom stereocenters. The van der Waals surface area contributed by atoms with Gasteiger partial charge in [0.15, 0.2) is 6.61 Å². The molecule has 1 fully saturated rings. The Bertz CT molecular complexity index is 791. The predicted octanol–water partition coefficient (Wildman–Crippen LogP) is 4.89. The molecule has 1 amide bonds. The number of carbonyl (C=O) groups excluding carboxylic acids is 1. The van der Waals surface area contributed by atoms with Crippen molar-refractivity contribution in [3.05, 3.63) is 63.6 Å². The van der Waals surface area contributed by atoms with Gasteiger partial charge in [-0.05, 0) is 49.1 Å². The van der Waals surface area contributed by atoms with E-state index in [0.29, 0.717) is 28.9 Å². The largest absolute Gasteiger partial charge is 0.484 e. The number of nitrogens with zero attached hydrogens (tertiary/aromatic N) is 1. The molecule has 0 aromatic heterocycles.